The summed E-state index contributed by atoms with van der Waals surface area (Å²) in [5, 5.41) is 14.0. The molecular formula is C19H22N2O6. The van der Waals surface area contributed by atoms with Crippen LogP contribution < -0.4 is 5.32 Å². The lowest BCUT2D eigenvalue weighted by atomic mass is 9.80. The lowest BCUT2D eigenvalue weighted by Gasteiger charge is -2.30. The van der Waals surface area contributed by atoms with Crippen molar-refractivity contribution in [2.75, 3.05) is 13.7 Å². The normalized spacial score (nSPS) is 16.7. The van der Waals surface area contributed by atoms with Crippen LogP contribution in [-0.4, -0.2) is 30.6 Å². The summed E-state index contributed by atoms with van der Waals surface area (Å²) in [5.74, 6) is -1.88. The quantitative estimate of drug-likeness (QED) is 0.463. The van der Waals surface area contributed by atoms with E-state index in [-0.39, 0.29) is 23.4 Å². The van der Waals surface area contributed by atoms with Gasteiger partial charge in [-0.2, -0.15) is 0 Å². The van der Waals surface area contributed by atoms with Gasteiger partial charge in [-0.05, 0) is 25.8 Å². The third kappa shape index (κ3) is 4.16. The second-order valence-corrected chi connectivity index (χ2v) is 6.11. The summed E-state index contributed by atoms with van der Waals surface area (Å²) < 4.78 is 10.2. The molecular weight excluding hydrogens is 352 g/mol. The molecule has 144 valence electrons. The lowest BCUT2D eigenvalue weighted by molar-refractivity contribution is -0.384. The van der Waals surface area contributed by atoms with Crippen LogP contribution in [0, 0.1) is 10.1 Å². The Hall–Kier alpha value is -3.16. The Morgan fingerprint density at radius 3 is 2.15 bits per heavy atom. The van der Waals surface area contributed by atoms with Crippen molar-refractivity contribution in [2.24, 2.45) is 0 Å². The fourth-order valence-electron chi connectivity index (χ4n) is 3.04. The van der Waals surface area contributed by atoms with Gasteiger partial charge in [0.05, 0.1) is 35.7 Å². The average Bonchev–Trinajstić information content (AvgIpc) is 2.65. The Bertz CT molecular complexity index is 823. The van der Waals surface area contributed by atoms with Gasteiger partial charge >= 0.3 is 11.9 Å². The van der Waals surface area contributed by atoms with Crippen molar-refractivity contribution >= 4 is 17.6 Å². The second-order valence-electron chi connectivity index (χ2n) is 6.11. The molecule has 1 N–H and O–H groups in total. The van der Waals surface area contributed by atoms with Crippen molar-refractivity contribution in [3.63, 3.8) is 0 Å². The van der Waals surface area contributed by atoms with E-state index in [2.05, 4.69) is 5.32 Å². The summed E-state index contributed by atoms with van der Waals surface area (Å²) in [6.45, 7) is 5.56. The Labute approximate surface area is 157 Å². The predicted octanol–water partition coefficient (Wildman–Crippen LogP) is 2.96. The summed E-state index contributed by atoms with van der Waals surface area (Å²) in [5.41, 5.74) is 2.14. The highest BCUT2D eigenvalue weighted by Gasteiger charge is 2.37. The van der Waals surface area contributed by atoms with Gasteiger partial charge in [0.15, 0.2) is 0 Å². The van der Waals surface area contributed by atoms with Gasteiger partial charge in [-0.3, -0.25) is 10.1 Å². The van der Waals surface area contributed by atoms with Crippen LogP contribution in [0.5, 0.6) is 0 Å². The number of nitrogens with one attached hydrogen (secondary N) is 1. The first-order valence-electron chi connectivity index (χ1n) is 8.50. The molecule has 1 aliphatic rings. The summed E-state index contributed by atoms with van der Waals surface area (Å²) >= 11 is 0. The second kappa shape index (κ2) is 8.48. The molecule has 1 unspecified atom stereocenters. The van der Waals surface area contributed by atoms with Crippen LogP contribution >= 0.6 is 0 Å². The number of nitro groups is 1. The van der Waals surface area contributed by atoms with Gasteiger partial charge in [-0.15, -0.1) is 0 Å². The highest BCUT2D eigenvalue weighted by Crippen LogP contribution is 2.39. The first-order valence-corrected chi connectivity index (χ1v) is 8.50. The van der Waals surface area contributed by atoms with Crippen LogP contribution in [0.1, 0.15) is 38.7 Å². The van der Waals surface area contributed by atoms with Crippen LogP contribution in [0.3, 0.4) is 0 Å². The average molecular weight is 374 g/mol. The number of non-ortho nitro benzene ring substituents is 1. The highest BCUT2D eigenvalue weighted by molar-refractivity contribution is 5.99. The van der Waals surface area contributed by atoms with Gasteiger partial charge in [0.25, 0.3) is 5.69 Å². The molecule has 2 rings (SSSR count). The number of hydrogen-bond donors (Lipinski definition) is 1. The first-order chi connectivity index (χ1) is 12.8. The minimum Gasteiger partial charge on any atom is -0.466 e. The lowest BCUT2D eigenvalue weighted by Crippen LogP contribution is -2.32. The molecule has 0 saturated carbocycles. The summed E-state index contributed by atoms with van der Waals surface area (Å²) in [4.78, 5) is 35.5. The molecule has 8 heteroatoms. The number of esters is 2. The third-order valence-corrected chi connectivity index (χ3v) is 4.26. The summed E-state index contributed by atoms with van der Waals surface area (Å²) in [6.07, 6.45) is 0.659. The number of dihydropyridines is 1. The van der Waals surface area contributed by atoms with E-state index in [0.717, 1.165) is 0 Å². The molecule has 0 aliphatic carbocycles. The van der Waals surface area contributed by atoms with Crippen LogP contribution in [0.2, 0.25) is 0 Å². The monoisotopic (exact) mass is 374 g/mol. The minimum atomic E-state index is -0.746. The van der Waals surface area contributed by atoms with E-state index >= 15 is 0 Å². The van der Waals surface area contributed by atoms with Gasteiger partial charge in [0.1, 0.15) is 0 Å². The van der Waals surface area contributed by atoms with Crippen LogP contribution in [-0.2, 0) is 19.1 Å². The molecule has 8 nitrogen and oxygen atoms in total. The molecule has 1 atom stereocenters. The van der Waals surface area contributed by atoms with E-state index in [1.54, 1.807) is 13.8 Å². The van der Waals surface area contributed by atoms with Gasteiger partial charge < -0.3 is 14.8 Å². The molecule has 1 heterocycles. The van der Waals surface area contributed by atoms with Gasteiger partial charge in [-0.1, -0.05) is 19.1 Å². The third-order valence-electron chi connectivity index (χ3n) is 4.26. The van der Waals surface area contributed by atoms with Crippen molar-refractivity contribution in [3.8, 4) is 0 Å². The van der Waals surface area contributed by atoms with Crippen molar-refractivity contribution in [1.29, 1.82) is 0 Å². The molecule has 0 aromatic heterocycles. The van der Waals surface area contributed by atoms with Crippen molar-refractivity contribution < 1.29 is 24.0 Å². The molecule has 1 aromatic rings. The zero-order valence-corrected chi connectivity index (χ0v) is 15.7. The maximum Gasteiger partial charge on any atom is 0.336 e. The number of nitrogens with zero attached hydrogens (tertiary/aromatic N) is 1. The standard InChI is InChI=1S/C19H22N2O6/c1-5-10-27-19(23)16-12(3)20-11(2)15(18(22)26-4)17(16)13-6-8-14(9-7-13)21(24)25/h6-9,17,20H,5,10H2,1-4H3. The van der Waals surface area contributed by atoms with Crippen LogP contribution in [0.4, 0.5) is 5.69 Å². The number of carbonyl (C=O) groups is 2. The first kappa shape index (κ1) is 20.2. The maximum absolute atomic E-state index is 12.7. The Balaban J connectivity index is 2.59. The van der Waals surface area contributed by atoms with E-state index < -0.39 is 22.8 Å². The highest BCUT2D eigenvalue weighted by atomic mass is 16.6. The fraction of sp³-hybridized carbons (Fsp3) is 0.368. The van der Waals surface area contributed by atoms with E-state index in [9.17, 15) is 19.7 Å². The number of allylic oxidation sites excluding steroid dienone is 2. The van der Waals surface area contributed by atoms with Crippen LogP contribution in [0.25, 0.3) is 0 Å². The molecule has 0 amide bonds. The smallest absolute Gasteiger partial charge is 0.336 e. The van der Waals surface area contributed by atoms with Gasteiger partial charge in [0, 0.05) is 23.5 Å². The zero-order chi connectivity index (χ0) is 20.1. The largest absolute Gasteiger partial charge is 0.466 e. The van der Waals surface area contributed by atoms with Crippen molar-refractivity contribution in [1.82, 2.24) is 5.32 Å². The van der Waals surface area contributed by atoms with Crippen molar-refractivity contribution in [2.45, 2.75) is 33.1 Å². The van der Waals surface area contributed by atoms with E-state index in [1.807, 2.05) is 6.92 Å². The Morgan fingerprint density at radius 1 is 1.11 bits per heavy atom. The van der Waals surface area contributed by atoms with Crippen LogP contribution in [0.15, 0.2) is 46.8 Å². The van der Waals surface area contributed by atoms with E-state index in [0.29, 0.717) is 23.4 Å². The SMILES string of the molecule is CCCOC(=O)C1=C(C)NC(C)=C(C(=O)OC)C1c1ccc([N+](=O)[O-])cc1. The predicted molar refractivity (Wildman–Crippen MR) is 97.6 cm³/mol. The van der Waals surface area contributed by atoms with Gasteiger partial charge in [-0.25, -0.2) is 9.59 Å². The number of rotatable bonds is 6. The number of carbonyl (C=O) groups excluding carboxylic acids is 2. The molecule has 1 aromatic carbocycles. The molecule has 0 spiro atoms. The van der Waals surface area contributed by atoms with Crippen molar-refractivity contribution in [3.05, 3.63) is 62.5 Å². The Kier molecular flexibility index (Phi) is 6.33. The molecule has 0 saturated heterocycles. The maximum atomic E-state index is 12.7. The van der Waals surface area contributed by atoms with E-state index in [1.165, 1.54) is 31.4 Å². The molecule has 0 bridgehead atoms. The number of benzene rings is 1. The zero-order valence-electron chi connectivity index (χ0n) is 15.7. The van der Waals surface area contributed by atoms with Gasteiger partial charge in [0.2, 0.25) is 0 Å². The topological polar surface area (TPSA) is 108 Å². The summed E-state index contributed by atoms with van der Waals surface area (Å²) in [7, 11) is 1.26. The molecule has 0 radical (unpaired) electrons. The van der Waals surface area contributed by atoms with E-state index in [4.69, 9.17) is 9.47 Å². The Morgan fingerprint density at radius 2 is 1.67 bits per heavy atom. The number of nitro benzene ring substituents is 1. The fourth-order valence-corrected chi connectivity index (χ4v) is 3.04. The number of hydrogen-bond acceptors (Lipinski definition) is 7. The molecule has 27 heavy (non-hydrogen) atoms. The number of methoxy groups -OCH3 is 1. The minimum absolute atomic E-state index is 0.0798. The summed E-state index contributed by atoms with van der Waals surface area (Å²) in [6, 6.07) is 5.74. The molecule has 0 fully saturated rings. The number of ether oxygens (including phenoxy) is 2. The molecule has 1 aliphatic heterocycles.